The number of nitrogens with one attached hydrogen (secondary N) is 1. The highest BCUT2D eigenvalue weighted by molar-refractivity contribution is 5.76. The summed E-state index contributed by atoms with van der Waals surface area (Å²) < 4.78 is 23.2. The summed E-state index contributed by atoms with van der Waals surface area (Å²) in [7, 11) is 4.78. The van der Waals surface area contributed by atoms with Gasteiger partial charge in [0.25, 0.3) is 0 Å². The second kappa shape index (κ2) is 11.2. The van der Waals surface area contributed by atoms with Crippen LogP contribution in [0.4, 0.5) is 0 Å². The number of ether oxygens (including phenoxy) is 4. The Bertz CT molecular complexity index is 1290. The zero-order valence-electron chi connectivity index (χ0n) is 19.9. The Kier molecular flexibility index (Phi) is 7.61. The van der Waals surface area contributed by atoms with Gasteiger partial charge in [0.2, 0.25) is 11.8 Å². The van der Waals surface area contributed by atoms with Gasteiger partial charge in [0.05, 0.1) is 27.9 Å². The van der Waals surface area contributed by atoms with Crippen LogP contribution >= 0.6 is 0 Å². The number of rotatable bonds is 11. The molecule has 0 fully saturated rings. The van der Waals surface area contributed by atoms with Crippen LogP contribution in [-0.4, -0.2) is 60.2 Å². The van der Waals surface area contributed by atoms with Crippen molar-refractivity contribution < 1.29 is 23.7 Å². The van der Waals surface area contributed by atoms with Crippen molar-refractivity contribution in [2.24, 2.45) is 0 Å². The molecule has 2 aromatic heterocycles. The number of fused-ring (bicyclic) bond motifs is 1. The fraction of sp³-hybridized carbons (Fsp3) is 0.280. The fourth-order valence-electron chi connectivity index (χ4n) is 3.49. The molecule has 0 radical (unpaired) electrons. The molecule has 0 spiro atoms. The van der Waals surface area contributed by atoms with Crippen molar-refractivity contribution in [2.75, 3.05) is 34.5 Å². The van der Waals surface area contributed by atoms with Gasteiger partial charge in [-0.05, 0) is 48.4 Å². The van der Waals surface area contributed by atoms with Gasteiger partial charge in [0.1, 0.15) is 12.4 Å². The van der Waals surface area contributed by atoms with Gasteiger partial charge in [0.15, 0.2) is 23.0 Å². The van der Waals surface area contributed by atoms with Gasteiger partial charge < -0.3 is 24.3 Å². The van der Waals surface area contributed by atoms with E-state index in [4.69, 9.17) is 18.9 Å². The van der Waals surface area contributed by atoms with Crippen molar-refractivity contribution in [3.8, 4) is 34.5 Å². The first kappa shape index (κ1) is 23.8. The molecule has 4 aromatic rings. The molecule has 10 heteroatoms. The van der Waals surface area contributed by atoms with Crippen LogP contribution in [0.1, 0.15) is 12.0 Å². The van der Waals surface area contributed by atoms with E-state index >= 15 is 0 Å². The lowest BCUT2D eigenvalue weighted by molar-refractivity contribution is -0.121. The molecule has 1 amide bonds. The van der Waals surface area contributed by atoms with Crippen molar-refractivity contribution in [1.29, 1.82) is 0 Å². The van der Waals surface area contributed by atoms with E-state index in [0.717, 1.165) is 16.9 Å². The summed E-state index contributed by atoms with van der Waals surface area (Å²) in [6.45, 7) is 0.645. The van der Waals surface area contributed by atoms with Crippen molar-refractivity contribution in [3.05, 3.63) is 60.2 Å². The minimum absolute atomic E-state index is 0.0395. The summed E-state index contributed by atoms with van der Waals surface area (Å²) in [5.74, 6) is 2.89. The van der Waals surface area contributed by atoms with Gasteiger partial charge in [-0.1, -0.05) is 12.1 Å². The molecule has 0 bridgehead atoms. The lowest BCUT2D eigenvalue weighted by Crippen LogP contribution is -2.28. The topological polar surface area (TPSA) is 109 Å². The van der Waals surface area contributed by atoms with Gasteiger partial charge in [-0.3, -0.25) is 4.79 Å². The lowest BCUT2D eigenvalue weighted by atomic mass is 10.1. The van der Waals surface area contributed by atoms with Crippen LogP contribution < -0.4 is 24.3 Å². The number of benzene rings is 2. The predicted molar refractivity (Wildman–Crippen MR) is 129 cm³/mol. The number of nitrogens with zero attached hydrogens (tertiary/aromatic N) is 4. The zero-order valence-corrected chi connectivity index (χ0v) is 19.9. The zero-order chi connectivity index (χ0) is 24.6. The smallest absolute Gasteiger partial charge is 0.231 e. The van der Waals surface area contributed by atoms with Gasteiger partial charge in [-0.25, -0.2) is 0 Å². The Hall–Kier alpha value is -4.34. The monoisotopic (exact) mass is 477 g/mol. The summed E-state index contributed by atoms with van der Waals surface area (Å²) in [4.78, 5) is 12.1. The molecule has 35 heavy (non-hydrogen) atoms. The molecule has 10 nitrogen and oxygen atoms in total. The number of methoxy groups -OCH3 is 3. The molecular formula is C25H27N5O5. The number of amides is 1. The SMILES string of the molecule is COc1ccc(CCC(=O)NCCOc2ccc3nnc(-c4ccc(OC)c(OC)c4)n3n2)cc1. The quantitative estimate of drug-likeness (QED) is 0.329. The van der Waals surface area contributed by atoms with Crippen LogP contribution in [0.15, 0.2) is 54.6 Å². The Morgan fingerprint density at radius 3 is 2.46 bits per heavy atom. The average molecular weight is 478 g/mol. The van der Waals surface area contributed by atoms with Crippen LogP contribution in [-0.2, 0) is 11.2 Å². The molecule has 0 aliphatic rings. The van der Waals surface area contributed by atoms with Gasteiger partial charge >= 0.3 is 0 Å². The van der Waals surface area contributed by atoms with E-state index in [0.29, 0.717) is 48.2 Å². The highest BCUT2D eigenvalue weighted by Crippen LogP contribution is 2.31. The van der Waals surface area contributed by atoms with E-state index in [-0.39, 0.29) is 12.5 Å². The summed E-state index contributed by atoms with van der Waals surface area (Å²) in [5.41, 5.74) is 2.42. The minimum atomic E-state index is -0.0395. The fourth-order valence-corrected chi connectivity index (χ4v) is 3.49. The summed E-state index contributed by atoms with van der Waals surface area (Å²) in [5, 5.41) is 15.8. The maximum absolute atomic E-state index is 12.1. The first-order chi connectivity index (χ1) is 17.1. The standard InChI is InChI=1S/C25H27N5O5/c1-32-19-8-4-17(5-9-19)6-12-23(31)26-14-15-35-24-13-11-22-27-28-25(30(22)29-24)18-7-10-20(33-2)21(16-18)34-3/h4-5,7-11,13,16H,6,12,14-15H2,1-3H3,(H,26,31). The van der Waals surface area contributed by atoms with Crippen molar-refractivity contribution in [1.82, 2.24) is 25.1 Å². The molecule has 0 unspecified atom stereocenters. The van der Waals surface area contributed by atoms with Crippen LogP contribution in [0.5, 0.6) is 23.1 Å². The van der Waals surface area contributed by atoms with Crippen LogP contribution in [0.3, 0.4) is 0 Å². The number of aryl methyl sites for hydroxylation is 1. The average Bonchev–Trinajstić information content (AvgIpc) is 3.33. The molecule has 0 atom stereocenters. The maximum Gasteiger partial charge on any atom is 0.231 e. The van der Waals surface area contributed by atoms with E-state index in [1.54, 1.807) is 44.0 Å². The predicted octanol–water partition coefficient (Wildman–Crippen LogP) is 2.94. The normalized spacial score (nSPS) is 10.7. The molecule has 182 valence electrons. The summed E-state index contributed by atoms with van der Waals surface area (Å²) >= 11 is 0. The largest absolute Gasteiger partial charge is 0.497 e. The molecule has 4 rings (SSSR count). The summed E-state index contributed by atoms with van der Waals surface area (Å²) in [6.07, 6.45) is 1.05. The number of carbonyl (C=O) groups excluding carboxylic acids is 1. The number of hydrogen-bond donors (Lipinski definition) is 1. The van der Waals surface area contributed by atoms with E-state index in [1.807, 2.05) is 36.4 Å². The van der Waals surface area contributed by atoms with Crippen molar-refractivity contribution in [3.63, 3.8) is 0 Å². The molecule has 2 heterocycles. The molecule has 2 aromatic carbocycles. The first-order valence-electron chi connectivity index (χ1n) is 11.1. The number of hydrogen-bond acceptors (Lipinski definition) is 8. The second-order valence-electron chi connectivity index (χ2n) is 7.58. The summed E-state index contributed by atoms with van der Waals surface area (Å²) in [6, 6.07) is 16.6. The van der Waals surface area contributed by atoms with E-state index in [2.05, 4.69) is 20.6 Å². The molecule has 0 saturated heterocycles. The highest BCUT2D eigenvalue weighted by Gasteiger charge is 2.13. The Labute approximate surface area is 202 Å². The second-order valence-corrected chi connectivity index (χ2v) is 7.58. The Morgan fingerprint density at radius 1 is 0.914 bits per heavy atom. The van der Waals surface area contributed by atoms with E-state index in [9.17, 15) is 4.79 Å². The number of carbonyl (C=O) groups is 1. The van der Waals surface area contributed by atoms with Crippen LogP contribution in [0.25, 0.3) is 17.0 Å². The third-order valence-corrected chi connectivity index (χ3v) is 5.35. The minimum Gasteiger partial charge on any atom is -0.497 e. The third-order valence-electron chi connectivity index (χ3n) is 5.35. The van der Waals surface area contributed by atoms with Crippen LogP contribution in [0.2, 0.25) is 0 Å². The Balaban J connectivity index is 1.31. The molecule has 0 aliphatic carbocycles. The third kappa shape index (κ3) is 5.78. The van der Waals surface area contributed by atoms with Gasteiger partial charge in [-0.15, -0.1) is 15.3 Å². The molecule has 1 N–H and O–H groups in total. The Morgan fingerprint density at radius 2 is 1.71 bits per heavy atom. The van der Waals surface area contributed by atoms with E-state index in [1.165, 1.54) is 0 Å². The maximum atomic E-state index is 12.1. The lowest BCUT2D eigenvalue weighted by Gasteiger charge is -2.09. The number of aromatic nitrogens is 4. The van der Waals surface area contributed by atoms with Crippen molar-refractivity contribution >= 4 is 11.6 Å². The van der Waals surface area contributed by atoms with Crippen molar-refractivity contribution in [2.45, 2.75) is 12.8 Å². The molecular weight excluding hydrogens is 450 g/mol. The highest BCUT2D eigenvalue weighted by atomic mass is 16.5. The van der Waals surface area contributed by atoms with E-state index < -0.39 is 0 Å². The first-order valence-corrected chi connectivity index (χ1v) is 11.1. The molecule has 0 aliphatic heterocycles. The molecule has 0 saturated carbocycles. The van der Waals surface area contributed by atoms with Crippen LogP contribution in [0, 0.1) is 0 Å². The van der Waals surface area contributed by atoms with Gasteiger partial charge in [-0.2, -0.15) is 4.52 Å². The van der Waals surface area contributed by atoms with Gasteiger partial charge in [0, 0.05) is 18.1 Å².